The zero-order chi connectivity index (χ0) is 9.73. The Hall–Kier alpha value is -0.780. The predicted octanol–water partition coefficient (Wildman–Crippen LogP) is 1.97. The van der Waals surface area contributed by atoms with Crippen LogP contribution in [0.15, 0.2) is 12.7 Å². The molecule has 1 aliphatic heterocycles. The zero-order valence-electron chi connectivity index (χ0n) is 8.08. The molecule has 0 bridgehead atoms. The average molecular weight is 180 g/mol. The third-order valence-corrected chi connectivity index (χ3v) is 2.23. The lowest BCUT2D eigenvalue weighted by molar-refractivity contribution is -0.220. The number of hydrogen-bond acceptors (Lipinski definition) is 2. The molecule has 0 aromatic carbocycles. The van der Waals surface area contributed by atoms with Crippen LogP contribution in [0.25, 0.3) is 0 Å². The highest BCUT2D eigenvalue weighted by molar-refractivity contribution is 5.13. The fraction of sp³-hybridized carbons (Fsp3) is 0.636. The van der Waals surface area contributed by atoms with Crippen LogP contribution in [0.1, 0.15) is 19.8 Å². The largest absolute Gasteiger partial charge is 0.336 e. The van der Waals surface area contributed by atoms with Crippen molar-refractivity contribution in [3.05, 3.63) is 12.7 Å². The van der Waals surface area contributed by atoms with E-state index >= 15 is 0 Å². The molecule has 0 spiro atoms. The Bertz CT molecular complexity index is 207. The van der Waals surface area contributed by atoms with Gasteiger partial charge in [0.25, 0.3) is 5.79 Å². The first-order valence-corrected chi connectivity index (χ1v) is 4.65. The second-order valence-corrected chi connectivity index (χ2v) is 3.29. The Balaban J connectivity index is 2.46. The van der Waals surface area contributed by atoms with Gasteiger partial charge in [-0.1, -0.05) is 19.9 Å². The van der Waals surface area contributed by atoms with Gasteiger partial charge in [-0.2, -0.15) is 0 Å². The lowest BCUT2D eigenvalue weighted by Gasteiger charge is -2.34. The van der Waals surface area contributed by atoms with Crippen molar-refractivity contribution in [1.82, 2.24) is 0 Å². The minimum absolute atomic E-state index is 0.478. The molecule has 0 saturated carbocycles. The third-order valence-electron chi connectivity index (χ3n) is 2.23. The van der Waals surface area contributed by atoms with Crippen LogP contribution in [0, 0.1) is 18.3 Å². The Kier molecular flexibility index (Phi) is 3.53. The van der Waals surface area contributed by atoms with E-state index in [0.717, 1.165) is 12.8 Å². The molecule has 2 heteroatoms. The maximum atomic E-state index is 5.45. The molecular weight excluding hydrogens is 164 g/mol. The molecule has 13 heavy (non-hydrogen) atoms. The van der Waals surface area contributed by atoms with Crippen LogP contribution in [0.4, 0.5) is 0 Å². The lowest BCUT2D eigenvalue weighted by atomic mass is 10.0. The molecule has 0 atom stereocenters. The lowest BCUT2D eigenvalue weighted by Crippen LogP contribution is -2.41. The number of rotatable bonds is 3. The summed E-state index contributed by atoms with van der Waals surface area (Å²) >= 11 is 0. The Morgan fingerprint density at radius 2 is 2.23 bits per heavy atom. The monoisotopic (exact) mass is 180 g/mol. The van der Waals surface area contributed by atoms with E-state index in [4.69, 9.17) is 15.9 Å². The molecule has 1 aliphatic rings. The van der Waals surface area contributed by atoms with E-state index in [9.17, 15) is 0 Å². The number of ether oxygens (including phenoxy) is 2. The van der Waals surface area contributed by atoms with Gasteiger partial charge in [0.1, 0.15) is 0 Å². The second-order valence-electron chi connectivity index (χ2n) is 3.29. The van der Waals surface area contributed by atoms with Crippen molar-refractivity contribution in [2.75, 3.05) is 13.2 Å². The first-order valence-electron chi connectivity index (χ1n) is 4.65. The summed E-state index contributed by atoms with van der Waals surface area (Å²) in [7, 11) is 0. The fourth-order valence-electron chi connectivity index (χ4n) is 1.41. The fourth-order valence-corrected chi connectivity index (χ4v) is 1.41. The van der Waals surface area contributed by atoms with Crippen molar-refractivity contribution in [3.63, 3.8) is 0 Å². The smallest absolute Gasteiger partial charge is 0.253 e. The molecule has 2 nitrogen and oxygen atoms in total. The van der Waals surface area contributed by atoms with Crippen molar-refractivity contribution >= 4 is 0 Å². The molecule has 1 heterocycles. The second kappa shape index (κ2) is 4.45. The van der Waals surface area contributed by atoms with Gasteiger partial charge in [-0.15, -0.1) is 6.42 Å². The minimum atomic E-state index is -0.968. The summed E-state index contributed by atoms with van der Waals surface area (Å²) in [5, 5.41) is 0. The van der Waals surface area contributed by atoms with Crippen LogP contribution in [0.2, 0.25) is 0 Å². The highest BCUT2D eigenvalue weighted by atomic mass is 16.7. The number of hydrogen-bond donors (Lipinski definition) is 0. The van der Waals surface area contributed by atoms with Gasteiger partial charge in [-0.05, 0) is 18.4 Å². The SMILES string of the molecule is C#CC1(C=C)OCC(CCC)CO1. The van der Waals surface area contributed by atoms with Crippen molar-refractivity contribution in [1.29, 1.82) is 0 Å². The maximum absolute atomic E-state index is 5.45. The maximum Gasteiger partial charge on any atom is 0.253 e. The average Bonchev–Trinajstić information content (AvgIpc) is 2.20. The van der Waals surface area contributed by atoms with Gasteiger partial charge in [-0.3, -0.25) is 0 Å². The summed E-state index contributed by atoms with van der Waals surface area (Å²) in [5.41, 5.74) is 0. The first-order chi connectivity index (χ1) is 6.26. The van der Waals surface area contributed by atoms with Crippen molar-refractivity contribution in [2.24, 2.45) is 5.92 Å². The molecule has 0 radical (unpaired) electrons. The molecule has 0 amide bonds. The summed E-state index contributed by atoms with van der Waals surface area (Å²) in [5.74, 6) is 1.98. The topological polar surface area (TPSA) is 18.5 Å². The van der Waals surface area contributed by atoms with E-state index in [1.807, 2.05) is 0 Å². The first kappa shape index (κ1) is 10.3. The van der Waals surface area contributed by atoms with Crippen LogP contribution in [-0.2, 0) is 9.47 Å². The molecule has 1 saturated heterocycles. The summed E-state index contributed by atoms with van der Waals surface area (Å²) in [4.78, 5) is 0. The Labute approximate surface area is 79.9 Å². The van der Waals surface area contributed by atoms with Crippen molar-refractivity contribution < 1.29 is 9.47 Å². The van der Waals surface area contributed by atoms with Gasteiger partial charge in [-0.25, -0.2) is 0 Å². The summed E-state index contributed by atoms with van der Waals surface area (Å²) < 4.78 is 10.9. The van der Waals surface area contributed by atoms with E-state index in [-0.39, 0.29) is 0 Å². The van der Waals surface area contributed by atoms with Crippen LogP contribution in [-0.4, -0.2) is 19.0 Å². The molecule has 0 unspecified atom stereocenters. The number of terminal acetylenes is 1. The van der Waals surface area contributed by atoms with Gasteiger partial charge in [0.15, 0.2) is 0 Å². The molecule has 0 aromatic rings. The zero-order valence-corrected chi connectivity index (χ0v) is 8.08. The quantitative estimate of drug-likeness (QED) is 0.488. The highest BCUT2D eigenvalue weighted by Crippen LogP contribution is 2.24. The minimum Gasteiger partial charge on any atom is -0.336 e. The van der Waals surface area contributed by atoms with Crippen LogP contribution < -0.4 is 0 Å². The van der Waals surface area contributed by atoms with Crippen LogP contribution in [0.5, 0.6) is 0 Å². The molecule has 0 N–H and O–H groups in total. The van der Waals surface area contributed by atoms with Crippen molar-refractivity contribution in [2.45, 2.75) is 25.6 Å². The van der Waals surface area contributed by atoms with Gasteiger partial charge in [0, 0.05) is 5.92 Å². The van der Waals surface area contributed by atoms with Gasteiger partial charge < -0.3 is 9.47 Å². The normalized spacial score (nSPS) is 33.7. The highest BCUT2D eigenvalue weighted by Gasteiger charge is 2.32. The van der Waals surface area contributed by atoms with Gasteiger partial charge >= 0.3 is 0 Å². The summed E-state index contributed by atoms with van der Waals surface area (Å²) in [6.45, 7) is 7.10. The van der Waals surface area contributed by atoms with Gasteiger partial charge in [0.05, 0.1) is 13.2 Å². The van der Waals surface area contributed by atoms with Crippen molar-refractivity contribution in [3.8, 4) is 12.3 Å². The summed E-state index contributed by atoms with van der Waals surface area (Å²) in [6, 6.07) is 0. The van der Waals surface area contributed by atoms with E-state index in [2.05, 4.69) is 19.4 Å². The Morgan fingerprint density at radius 1 is 1.62 bits per heavy atom. The molecule has 1 rings (SSSR count). The third kappa shape index (κ3) is 2.33. The predicted molar refractivity (Wildman–Crippen MR) is 52.1 cm³/mol. The van der Waals surface area contributed by atoms with E-state index in [1.54, 1.807) is 0 Å². The molecule has 0 aromatic heterocycles. The molecule has 1 fully saturated rings. The Morgan fingerprint density at radius 3 is 2.62 bits per heavy atom. The van der Waals surface area contributed by atoms with Crippen LogP contribution in [0.3, 0.4) is 0 Å². The van der Waals surface area contributed by atoms with E-state index < -0.39 is 5.79 Å². The van der Waals surface area contributed by atoms with E-state index in [1.165, 1.54) is 6.08 Å². The van der Waals surface area contributed by atoms with E-state index in [0.29, 0.717) is 19.1 Å². The molecule has 0 aliphatic carbocycles. The van der Waals surface area contributed by atoms with Gasteiger partial charge in [0.2, 0.25) is 0 Å². The van der Waals surface area contributed by atoms with Crippen LogP contribution >= 0.6 is 0 Å². The molecular formula is C11H16O2. The standard InChI is InChI=1S/C11H16O2/c1-4-7-10-8-12-11(5-2,6-3)13-9-10/h2,6,10H,3-4,7-9H2,1H3. The molecule has 72 valence electrons. The summed E-state index contributed by atoms with van der Waals surface area (Å²) in [6.07, 6.45) is 9.10.